The van der Waals surface area contributed by atoms with E-state index >= 15 is 0 Å². The van der Waals surface area contributed by atoms with Crippen LogP contribution in [0.5, 0.6) is 11.6 Å². The van der Waals surface area contributed by atoms with Gasteiger partial charge in [0.25, 0.3) is 5.56 Å². The third-order valence-electron chi connectivity index (χ3n) is 9.65. The van der Waals surface area contributed by atoms with Gasteiger partial charge < -0.3 is 14.5 Å². The number of benzene rings is 2. The number of nitrogens with zero attached hydrogens (tertiary/aromatic N) is 1. The second kappa shape index (κ2) is 14.7. The lowest BCUT2D eigenvalue weighted by atomic mass is 9.55. The van der Waals surface area contributed by atoms with Crippen LogP contribution in [0.3, 0.4) is 0 Å². The van der Waals surface area contributed by atoms with E-state index in [1.165, 1.54) is 19.2 Å². The summed E-state index contributed by atoms with van der Waals surface area (Å²) in [6.07, 6.45) is 1.69. The number of halogens is 2. The molecule has 0 saturated heterocycles. The number of para-hydroxylation sites is 1. The fraction of sp³-hybridized carbons (Fsp3) is 0.432. The van der Waals surface area contributed by atoms with Crippen molar-refractivity contribution in [1.82, 2.24) is 14.1 Å². The predicted molar refractivity (Wildman–Crippen MR) is 205 cm³/mol. The van der Waals surface area contributed by atoms with Crippen molar-refractivity contribution in [1.29, 1.82) is 0 Å². The van der Waals surface area contributed by atoms with Crippen LogP contribution in [0.1, 0.15) is 61.3 Å². The quantitative estimate of drug-likeness (QED) is 0.131. The molecule has 52 heavy (non-hydrogen) atoms. The molecule has 1 aliphatic rings. The predicted octanol–water partition coefficient (Wildman–Crippen LogP) is 8.36. The Hall–Kier alpha value is -4.20. The average Bonchev–Trinajstić information content (AvgIpc) is 3.31. The van der Waals surface area contributed by atoms with Crippen molar-refractivity contribution in [3.8, 4) is 22.8 Å². The Labute approximate surface area is 313 Å². The minimum absolute atomic E-state index is 0.00753. The maximum atomic E-state index is 14.6. The largest absolute Gasteiger partial charge is 0.481 e. The minimum atomic E-state index is -4.40. The number of carbonyl (C=O) groups excluding carboxylic acids is 2. The third-order valence-corrected chi connectivity index (χ3v) is 11.2. The monoisotopic (exact) mass is 773 g/mol. The van der Waals surface area contributed by atoms with Crippen LogP contribution in [0.4, 0.5) is 16.2 Å². The lowest BCUT2D eigenvalue weighted by molar-refractivity contribution is -0.152. The van der Waals surface area contributed by atoms with Crippen LogP contribution in [0, 0.1) is 34.5 Å². The zero-order valence-corrected chi connectivity index (χ0v) is 32.7. The first-order valence-electron chi connectivity index (χ1n) is 16.9. The first-order chi connectivity index (χ1) is 24.2. The lowest BCUT2D eigenvalue weighted by Crippen LogP contribution is -2.48. The Bertz CT molecular complexity index is 2110. The van der Waals surface area contributed by atoms with E-state index in [9.17, 15) is 22.8 Å². The first-order valence-corrected chi connectivity index (χ1v) is 19.1. The zero-order valence-electron chi connectivity index (χ0n) is 30.4. The number of aromatic amines is 1. The number of carbonyl (C=O) groups is 2. The summed E-state index contributed by atoms with van der Waals surface area (Å²) in [5, 5.41) is 2.58. The molecule has 2 heterocycles. The number of rotatable bonds is 8. The van der Waals surface area contributed by atoms with Crippen molar-refractivity contribution in [2.45, 2.75) is 61.3 Å². The van der Waals surface area contributed by atoms with Gasteiger partial charge >= 0.3 is 22.2 Å². The number of H-pyrrole nitrogens is 1. The van der Waals surface area contributed by atoms with E-state index in [4.69, 9.17) is 32.7 Å². The SMILES string of the molecule is COc1[nH]c2c(OC(=O)C3C(C(C)(C)C)CC(C)CC3C(C)(C)C)c(-c3ccc(Cl)cc3)c(Cl)n2c(=O)c1NC(=O)NS(=O)(=O)Nc1ccccc1. The van der Waals surface area contributed by atoms with Gasteiger partial charge in [0.1, 0.15) is 5.15 Å². The summed E-state index contributed by atoms with van der Waals surface area (Å²) >= 11 is 13.2. The lowest BCUT2D eigenvalue weighted by Gasteiger charge is -2.49. The van der Waals surface area contributed by atoms with Gasteiger partial charge in [-0.2, -0.15) is 8.42 Å². The number of methoxy groups -OCH3 is 1. The number of ether oxygens (including phenoxy) is 2. The van der Waals surface area contributed by atoms with Crippen molar-refractivity contribution in [2.75, 3.05) is 17.1 Å². The van der Waals surface area contributed by atoms with Crippen LogP contribution in [-0.4, -0.2) is 36.9 Å². The Balaban J connectivity index is 1.62. The van der Waals surface area contributed by atoms with E-state index in [1.54, 1.807) is 42.5 Å². The van der Waals surface area contributed by atoms with Gasteiger partial charge in [-0.3, -0.25) is 19.6 Å². The maximum absolute atomic E-state index is 14.6. The summed E-state index contributed by atoms with van der Waals surface area (Å²) in [7, 11) is -3.15. The third kappa shape index (κ3) is 8.21. The van der Waals surface area contributed by atoms with Crippen LogP contribution in [0.25, 0.3) is 16.8 Å². The van der Waals surface area contributed by atoms with Crippen LogP contribution in [0.2, 0.25) is 10.2 Å². The van der Waals surface area contributed by atoms with Crippen molar-refractivity contribution in [3.05, 3.63) is 75.1 Å². The fourth-order valence-electron chi connectivity index (χ4n) is 7.20. The highest BCUT2D eigenvalue weighted by Gasteiger charge is 2.50. The molecule has 0 radical (unpaired) electrons. The van der Waals surface area contributed by atoms with E-state index in [-0.39, 0.29) is 56.3 Å². The highest BCUT2D eigenvalue weighted by Crippen LogP contribution is 2.53. The molecule has 0 bridgehead atoms. The van der Waals surface area contributed by atoms with E-state index in [0.717, 1.165) is 17.2 Å². The molecule has 1 aliphatic carbocycles. The summed E-state index contributed by atoms with van der Waals surface area (Å²) in [5.41, 5.74) is -0.866. The average molecular weight is 775 g/mol. The van der Waals surface area contributed by atoms with Crippen LogP contribution in [0.15, 0.2) is 59.4 Å². The number of urea groups is 1. The molecule has 280 valence electrons. The number of nitrogens with one attached hydrogen (secondary N) is 4. The summed E-state index contributed by atoms with van der Waals surface area (Å²) in [5.74, 6) is -0.811. The minimum Gasteiger partial charge on any atom is -0.481 e. The normalized spacial score (nSPS) is 19.6. The van der Waals surface area contributed by atoms with Crippen LogP contribution < -0.4 is 29.8 Å². The Morgan fingerprint density at radius 3 is 2.04 bits per heavy atom. The molecule has 4 aromatic rings. The van der Waals surface area contributed by atoms with E-state index < -0.39 is 39.4 Å². The molecule has 2 aromatic carbocycles. The molecule has 2 amide bonds. The van der Waals surface area contributed by atoms with Gasteiger partial charge in [0.2, 0.25) is 5.88 Å². The van der Waals surface area contributed by atoms with Gasteiger partial charge in [-0.25, -0.2) is 13.9 Å². The molecule has 0 spiro atoms. The summed E-state index contributed by atoms with van der Waals surface area (Å²) in [6, 6.07) is 13.3. The van der Waals surface area contributed by atoms with Gasteiger partial charge in [0, 0.05) is 5.02 Å². The van der Waals surface area contributed by atoms with Crippen molar-refractivity contribution >= 4 is 62.4 Å². The van der Waals surface area contributed by atoms with E-state index in [1.807, 2.05) is 4.72 Å². The van der Waals surface area contributed by atoms with E-state index in [2.05, 4.69) is 63.5 Å². The molecule has 2 unspecified atom stereocenters. The molecule has 2 atom stereocenters. The number of hydrogen-bond donors (Lipinski definition) is 4. The van der Waals surface area contributed by atoms with Crippen molar-refractivity contribution in [2.24, 2.45) is 34.5 Å². The maximum Gasteiger partial charge on any atom is 0.334 e. The van der Waals surface area contributed by atoms with E-state index in [0.29, 0.717) is 16.5 Å². The molecular weight excluding hydrogens is 729 g/mol. The first kappa shape index (κ1) is 39.0. The topological polar surface area (TPSA) is 160 Å². The molecule has 12 nitrogen and oxygen atoms in total. The molecule has 0 aliphatic heterocycles. The van der Waals surface area contributed by atoms with Crippen LogP contribution in [-0.2, 0) is 15.0 Å². The highest BCUT2D eigenvalue weighted by molar-refractivity contribution is 7.91. The van der Waals surface area contributed by atoms with Gasteiger partial charge in [0.05, 0.1) is 24.3 Å². The molecule has 2 aromatic heterocycles. The van der Waals surface area contributed by atoms with Crippen molar-refractivity contribution in [3.63, 3.8) is 0 Å². The van der Waals surface area contributed by atoms with Gasteiger partial charge in [-0.15, -0.1) is 0 Å². The number of esters is 1. The van der Waals surface area contributed by atoms with Crippen LogP contribution >= 0.6 is 23.2 Å². The van der Waals surface area contributed by atoms with Crippen molar-refractivity contribution < 1.29 is 27.5 Å². The smallest absolute Gasteiger partial charge is 0.334 e. The molecule has 15 heteroatoms. The van der Waals surface area contributed by atoms with Gasteiger partial charge in [0.15, 0.2) is 17.1 Å². The molecule has 4 N–H and O–H groups in total. The molecule has 1 fully saturated rings. The number of fused-ring (bicyclic) bond motifs is 1. The molecular formula is C37H45Cl2N5O7S. The second-order valence-electron chi connectivity index (χ2n) is 15.5. The Morgan fingerprint density at radius 2 is 1.50 bits per heavy atom. The number of amides is 2. The number of hydrogen-bond acceptors (Lipinski definition) is 7. The highest BCUT2D eigenvalue weighted by atomic mass is 35.5. The fourth-order valence-corrected chi connectivity index (χ4v) is 8.48. The molecule has 1 saturated carbocycles. The van der Waals surface area contributed by atoms with Gasteiger partial charge in [-0.1, -0.05) is 102 Å². The van der Waals surface area contributed by atoms with Gasteiger partial charge in [-0.05, 0) is 71.3 Å². The zero-order chi connectivity index (χ0) is 38.3. The number of aromatic nitrogens is 2. The summed E-state index contributed by atoms with van der Waals surface area (Å²) in [6.45, 7) is 15.0. The second-order valence-corrected chi connectivity index (χ2v) is 17.7. The Kier molecular flexibility index (Phi) is 11.0. The Morgan fingerprint density at radius 1 is 0.923 bits per heavy atom. The number of anilines is 2. The molecule has 5 rings (SSSR count). The standard InChI is InChI=1S/C37H45Cl2N5O7S/c1-20-18-24(36(2,3)4)27(25(19-20)37(5,6)7)34(46)51-29-26(21-14-16-22(38)17-15-21)30(39)44-31(29)41-32(50-8)28(33(44)45)40-35(47)43-52(48,49)42-23-12-10-9-11-13-23/h9-17,20,24-25,27,41-42H,18-19H2,1-8H3,(H2,40,43,47). The summed E-state index contributed by atoms with van der Waals surface area (Å²) < 4.78 is 42.3. The summed E-state index contributed by atoms with van der Waals surface area (Å²) in [4.78, 5) is 44.7.